The lowest BCUT2D eigenvalue weighted by molar-refractivity contribution is -0.137. The third-order valence-corrected chi connectivity index (χ3v) is 3.23. The van der Waals surface area contributed by atoms with Crippen molar-refractivity contribution in [2.24, 2.45) is 0 Å². The highest BCUT2D eigenvalue weighted by atomic mass is 16.4. The van der Waals surface area contributed by atoms with Gasteiger partial charge in [-0.3, -0.25) is 4.79 Å². The van der Waals surface area contributed by atoms with E-state index in [0.29, 0.717) is 5.65 Å². The summed E-state index contributed by atoms with van der Waals surface area (Å²) >= 11 is 0. The standard InChI is InChI=1S/C16H11N3O2/c17-8-12-6-7-13-14(11-4-2-1-3-5-11)9-19(10-15(20)21)16(13)18-12/h1-7,9H,10H2,(H,20,21). The molecular formula is C16H11N3O2. The van der Waals surface area contributed by atoms with Gasteiger partial charge >= 0.3 is 5.97 Å². The number of carbonyl (C=O) groups is 1. The van der Waals surface area contributed by atoms with Gasteiger partial charge in [0, 0.05) is 17.1 Å². The molecule has 0 radical (unpaired) electrons. The second kappa shape index (κ2) is 5.10. The number of hydrogen-bond acceptors (Lipinski definition) is 3. The van der Waals surface area contributed by atoms with Crippen LogP contribution >= 0.6 is 0 Å². The number of aromatic nitrogens is 2. The van der Waals surface area contributed by atoms with Crippen molar-refractivity contribution in [2.45, 2.75) is 6.54 Å². The number of nitriles is 1. The molecule has 1 aromatic carbocycles. The number of pyridine rings is 1. The van der Waals surface area contributed by atoms with Crippen molar-refractivity contribution in [3.8, 4) is 17.2 Å². The van der Waals surface area contributed by atoms with E-state index in [4.69, 9.17) is 10.4 Å². The van der Waals surface area contributed by atoms with Gasteiger partial charge in [-0.25, -0.2) is 4.98 Å². The van der Waals surface area contributed by atoms with E-state index in [2.05, 4.69) is 4.98 Å². The lowest BCUT2D eigenvalue weighted by Crippen LogP contribution is -2.08. The lowest BCUT2D eigenvalue weighted by atomic mass is 10.1. The quantitative estimate of drug-likeness (QED) is 0.798. The van der Waals surface area contributed by atoms with Crippen LogP contribution in [0.15, 0.2) is 48.7 Å². The molecule has 0 spiro atoms. The van der Waals surface area contributed by atoms with Gasteiger partial charge in [0.2, 0.25) is 0 Å². The van der Waals surface area contributed by atoms with Crippen LogP contribution in [0.2, 0.25) is 0 Å². The Kier molecular flexibility index (Phi) is 3.13. The number of carboxylic acid groups (broad SMARTS) is 1. The zero-order valence-corrected chi connectivity index (χ0v) is 11.0. The van der Waals surface area contributed by atoms with Crippen LogP contribution in [0.3, 0.4) is 0 Å². The van der Waals surface area contributed by atoms with Gasteiger partial charge in [-0.2, -0.15) is 5.26 Å². The molecule has 0 aliphatic carbocycles. The van der Waals surface area contributed by atoms with Crippen LogP contribution in [0.4, 0.5) is 0 Å². The third-order valence-electron chi connectivity index (χ3n) is 3.23. The van der Waals surface area contributed by atoms with Crippen molar-refractivity contribution in [3.63, 3.8) is 0 Å². The smallest absolute Gasteiger partial charge is 0.323 e. The first-order chi connectivity index (χ1) is 10.2. The highest BCUT2D eigenvalue weighted by Gasteiger charge is 2.13. The van der Waals surface area contributed by atoms with Crippen LogP contribution in [0.25, 0.3) is 22.2 Å². The highest BCUT2D eigenvalue weighted by Crippen LogP contribution is 2.29. The number of carboxylic acids is 1. The van der Waals surface area contributed by atoms with Crippen molar-refractivity contribution in [1.82, 2.24) is 9.55 Å². The molecule has 0 unspecified atom stereocenters. The van der Waals surface area contributed by atoms with Crippen LogP contribution in [0.5, 0.6) is 0 Å². The summed E-state index contributed by atoms with van der Waals surface area (Å²) < 4.78 is 1.56. The monoisotopic (exact) mass is 277 g/mol. The maximum Gasteiger partial charge on any atom is 0.323 e. The lowest BCUT2D eigenvalue weighted by Gasteiger charge is -1.99. The molecule has 5 heteroatoms. The van der Waals surface area contributed by atoms with E-state index >= 15 is 0 Å². The minimum Gasteiger partial charge on any atom is -0.480 e. The molecule has 5 nitrogen and oxygen atoms in total. The molecule has 0 fully saturated rings. The van der Waals surface area contributed by atoms with Crippen LogP contribution < -0.4 is 0 Å². The maximum atomic E-state index is 11.0. The van der Waals surface area contributed by atoms with Gasteiger partial charge in [-0.15, -0.1) is 0 Å². The van der Waals surface area contributed by atoms with E-state index < -0.39 is 5.97 Å². The molecule has 0 atom stereocenters. The third kappa shape index (κ3) is 2.35. The second-order valence-electron chi connectivity index (χ2n) is 4.61. The summed E-state index contributed by atoms with van der Waals surface area (Å²) in [5, 5.41) is 18.8. The molecule has 0 bridgehead atoms. The molecule has 3 aromatic rings. The van der Waals surface area contributed by atoms with Crippen molar-refractivity contribution < 1.29 is 9.90 Å². The number of nitrogens with zero attached hydrogens (tertiary/aromatic N) is 3. The predicted molar refractivity (Wildman–Crippen MR) is 77.5 cm³/mol. The molecule has 0 aliphatic rings. The summed E-state index contributed by atoms with van der Waals surface area (Å²) in [5.41, 5.74) is 2.67. The maximum absolute atomic E-state index is 11.0. The summed E-state index contributed by atoms with van der Waals surface area (Å²) in [6.45, 7) is -0.189. The molecule has 2 aromatic heterocycles. The molecule has 0 saturated heterocycles. The Balaban J connectivity index is 2.27. The minimum absolute atomic E-state index is 0.189. The van der Waals surface area contributed by atoms with Gasteiger partial charge in [-0.1, -0.05) is 30.3 Å². The molecular weight excluding hydrogens is 266 g/mol. The average Bonchev–Trinajstić information content (AvgIpc) is 2.85. The second-order valence-corrected chi connectivity index (χ2v) is 4.61. The van der Waals surface area contributed by atoms with Crippen LogP contribution in [0, 0.1) is 11.3 Å². The Labute approximate surface area is 120 Å². The zero-order chi connectivity index (χ0) is 14.8. The Morgan fingerprint density at radius 2 is 2.00 bits per heavy atom. The highest BCUT2D eigenvalue weighted by molar-refractivity contribution is 5.94. The minimum atomic E-state index is -0.948. The number of hydrogen-bond donors (Lipinski definition) is 1. The van der Waals surface area contributed by atoms with Crippen molar-refractivity contribution in [3.05, 3.63) is 54.4 Å². The number of rotatable bonds is 3. The topological polar surface area (TPSA) is 78.9 Å². The molecule has 0 amide bonds. The molecule has 2 heterocycles. The molecule has 1 N–H and O–H groups in total. The molecule has 3 rings (SSSR count). The Hall–Kier alpha value is -3.13. The van der Waals surface area contributed by atoms with Crippen molar-refractivity contribution >= 4 is 17.0 Å². The van der Waals surface area contributed by atoms with Gasteiger partial charge in [-0.05, 0) is 17.7 Å². The number of benzene rings is 1. The Bertz CT molecular complexity index is 860. The van der Waals surface area contributed by atoms with E-state index in [1.165, 1.54) is 0 Å². The van der Waals surface area contributed by atoms with E-state index in [1.807, 2.05) is 42.5 Å². The number of aliphatic carboxylic acids is 1. The summed E-state index contributed by atoms with van der Waals surface area (Å²) in [5.74, 6) is -0.948. The first-order valence-electron chi connectivity index (χ1n) is 6.36. The summed E-state index contributed by atoms with van der Waals surface area (Å²) in [7, 11) is 0. The molecule has 0 saturated carbocycles. The van der Waals surface area contributed by atoms with Crippen molar-refractivity contribution in [2.75, 3.05) is 0 Å². The van der Waals surface area contributed by atoms with Gasteiger partial charge in [0.15, 0.2) is 0 Å². The van der Waals surface area contributed by atoms with Crippen molar-refractivity contribution in [1.29, 1.82) is 5.26 Å². The van der Waals surface area contributed by atoms with E-state index in [0.717, 1.165) is 16.5 Å². The Morgan fingerprint density at radius 3 is 2.67 bits per heavy atom. The summed E-state index contributed by atoms with van der Waals surface area (Å²) in [6, 6.07) is 15.1. The first kappa shape index (κ1) is 12.9. The largest absolute Gasteiger partial charge is 0.480 e. The molecule has 21 heavy (non-hydrogen) atoms. The van der Waals surface area contributed by atoms with E-state index in [9.17, 15) is 4.79 Å². The fraction of sp³-hybridized carbons (Fsp3) is 0.0625. The predicted octanol–water partition coefficient (Wildman–Crippen LogP) is 2.66. The van der Waals surface area contributed by atoms with Gasteiger partial charge in [0.05, 0.1) is 0 Å². The van der Waals surface area contributed by atoms with Gasteiger partial charge in [0.25, 0.3) is 0 Å². The summed E-state index contributed by atoms with van der Waals surface area (Å²) in [6.07, 6.45) is 1.77. The van der Waals surface area contributed by atoms with E-state index in [1.54, 1.807) is 16.8 Å². The number of fused-ring (bicyclic) bond motifs is 1. The fourth-order valence-corrected chi connectivity index (χ4v) is 2.34. The molecule has 102 valence electrons. The zero-order valence-electron chi connectivity index (χ0n) is 11.0. The first-order valence-corrected chi connectivity index (χ1v) is 6.36. The van der Waals surface area contributed by atoms with Crippen LogP contribution in [-0.4, -0.2) is 20.6 Å². The Morgan fingerprint density at radius 1 is 1.24 bits per heavy atom. The fourth-order valence-electron chi connectivity index (χ4n) is 2.34. The van der Waals surface area contributed by atoms with Crippen LogP contribution in [0.1, 0.15) is 5.69 Å². The normalized spacial score (nSPS) is 10.4. The molecule has 0 aliphatic heterocycles. The van der Waals surface area contributed by atoms with Crippen LogP contribution in [-0.2, 0) is 11.3 Å². The average molecular weight is 277 g/mol. The van der Waals surface area contributed by atoms with Gasteiger partial charge in [0.1, 0.15) is 24.0 Å². The SMILES string of the molecule is N#Cc1ccc2c(-c3ccccc3)cn(CC(=O)O)c2n1. The van der Waals surface area contributed by atoms with Gasteiger partial charge < -0.3 is 9.67 Å². The van der Waals surface area contributed by atoms with E-state index in [-0.39, 0.29) is 12.2 Å². The summed E-state index contributed by atoms with van der Waals surface area (Å²) in [4.78, 5) is 15.2.